The van der Waals surface area contributed by atoms with Crippen molar-refractivity contribution in [3.63, 3.8) is 0 Å². The number of benzene rings is 2. The summed E-state index contributed by atoms with van der Waals surface area (Å²) in [6.45, 7) is -2.04. The predicted molar refractivity (Wildman–Crippen MR) is 126 cm³/mol. The molecule has 1 aliphatic carbocycles. The molecule has 0 amide bonds. The van der Waals surface area contributed by atoms with Crippen LogP contribution in [0.1, 0.15) is 54.7 Å². The number of alkyl halides is 2. The molecule has 0 aromatic heterocycles. The number of methoxy groups -OCH3 is 1. The average molecular weight is 507 g/mol. The lowest BCUT2D eigenvalue weighted by Crippen LogP contribution is -2.34. The first kappa shape index (κ1) is 24.1. The number of aliphatic imine (C=N–C) groups is 1. The Morgan fingerprint density at radius 3 is 2.60 bits per heavy atom. The summed E-state index contributed by atoms with van der Waals surface area (Å²) in [6.07, 6.45) is 2.97. The third-order valence-corrected chi connectivity index (χ3v) is 8.99. The lowest BCUT2D eigenvalue weighted by atomic mass is 9.74. The summed E-state index contributed by atoms with van der Waals surface area (Å²) in [5.41, 5.74) is 2.51. The molecule has 2 heterocycles. The first-order valence-electron chi connectivity index (χ1n) is 11.8. The number of rotatable bonds is 6. The van der Waals surface area contributed by atoms with Gasteiger partial charge in [0.2, 0.25) is 10.0 Å². The molecule has 2 aromatic rings. The van der Waals surface area contributed by atoms with E-state index < -0.39 is 22.7 Å². The quantitative estimate of drug-likeness (QED) is 0.642. The van der Waals surface area contributed by atoms with Crippen LogP contribution < -0.4 is 9.47 Å². The molecular formula is C25H28F2N2O5S. The Morgan fingerprint density at radius 2 is 1.89 bits per heavy atom. The van der Waals surface area contributed by atoms with Crippen LogP contribution in [0.15, 0.2) is 46.3 Å². The maximum absolute atomic E-state index is 13.2. The normalized spacial score (nSPS) is 24.6. The molecule has 1 saturated heterocycles. The van der Waals surface area contributed by atoms with Gasteiger partial charge in [-0.05, 0) is 61.9 Å². The Balaban J connectivity index is 1.63. The van der Waals surface area contributed by atoms with Gasteiger partial charge in [-0.2, -0.15) is 13.1 Å². The minimum atomic E-state index is -3.64. The van der Waals surface area contributed by atoms with E-state index >= 15 is 0 Å². The molecule has 1 N–H and O–H groups in total. The third kappa shape index (κ3) is 4.54. The molecule has 3 aliphatic rings. The molecule has 2 aliphatic heterocycles. The molecule has 2 aromatic carbocycles. The molecule has 5 rings (SSSR count). The first-order chi connectivity index (χ1) is 16.8. The van der Waals surface area contributed by atoms with Crippen LogP contribution >= 0.6 is 0 Å². The standard InChI is InChI=1S/C25H28F2N2O5S/c1-33-22-13-18-19-12-16(30)7-8-21(19)28-24(20(18)14-23(22)34-25(26)27)15-5-4-6-17(11-15)35(31,32)29-9-2-3-10-29/h4-6,11,13-14,16,19,21,25,30H,2-3,7-10,12H2,1H3. The Kier molecular flexibility index (Phi) is 6.54. The second kappa shape index (κ2) is 9.48. The van der Waals surface area contributed by atoms with Gasteiger partial charge in [-0.25, -0.2) is 8.42 Å². The van der Waals surface area contributed by atoms with E-state index in [9.17, 15) is 22.3 Å². The van der Waals surface area contributed by atoms with Crippen molar-refractivity contribution in [3.05, 3.63) is 53.1 Å². The number of nitrogens with zero attached hydrogens (tertiary/aromatic N) is 2. The van der Waals surface area contributed by atoms with Gasteiger partial charge in [-0.15, -0.1) is 0 Å². The first-order valence-corrected chi connectivity index (χ1v) is 13.3. The fourth-order valence-electron chi connectivity index (χ4n) is 5.40. The highest BCUT2D eigenvalue weighted by Crippen LogP contribution is 2.45. The summed E-state index contributed by atoms with van der Waals surface area (Å²) >= 11 is 0. The van der Waals surface area contributed by atoms with Crippen molar-refractivity contribution < 1.29 is 31.8 Å². The van der Waals surface area contributed by atoms with Gasteiger partial charge in [0, 0.05) is 30.1 Å². The van der Waals surface area contributed by atoms with Crippen molar-refractivity contribution in [2.24, 2.45) is 4.99 Å². The number of halogens is 2. The van der Waals surface area contributed by atoms with Crippen molar-refractivity contribution in [1.29, 1.82) is 0 Å². The van der Waals surface area contributed by atoms with Crippen molar-refractivity contribution in [3.8, 4) is 11.5 Å². The van der Waals surface area contributed by atoms with Crippen LogP contribution in [-0.4, -0.2) is 62.5 Å². The summed E-state index contributed by atoms with van der Waals surface area (Å²) in [7, 11) is -2.25. The third-order valence-electron chi connectivity index (χ3n) is 7.10. The molecule has 3 atom stereocenters. The lowest BCUT2D eigenvalue weighted by Gasteiger charge is -2.37. The topological polar surface area (TPSA) is 88.4 Å². The Morgan fingerprint density at radius 1 is 1.11 bits per heavy atom. The van der Waals surface area contributed by atoms with Gasteiger partial charge < -0.3 is 14.6 Å². The van der Waals surface area contributed by atoms with Crippen LogP contribution in [0.4, 0.5) is 8.78 Å². The number of hydrogen-bond acceptors (Lipinski definition) is 6. The van der Waals surface area contributed by atoms with Gasteiger partial charge in [0.1, 0.15) is 0 Å². The molecule has 10 heteroatoms. The van der Waals surface area contributed by atoms with Crippen LogP contribution in [0.2, 0.25) is 0 Å². The molecule has 3 unspecified atom stereocenters. The SMILES string of the molecule is COc1cc2c(cc1OC(F)F)C(c1cccc(S(=O)(=O)N3CCCC3)c1)=NC1CCC(O)CC21. The van der Waals surface area contributed by atoms with Crippen molar-refractivity contribution in [1.82, 2.24) is 4.31 Å². The van der Waals surface area contributed by atoms with E-state index in [2.05, 4.69) is 0 Å². The zero-order valence-electron chi connectivity index (χ0n) is 19.4. The van der Waals surface area contributed by atoms with Crippen LogP contribution in [0.25, 0.3) is 0 Å². The number of sulfonamides is 1. The maximum Gasteiger partial charge on any atom is 0.387 e. The number of ether oxygens (including phenoxy) is 2. The average Bonchev–Trinajstić information content (AvgIpc) is 3.39. The zero-order chi connectivity index (χ0) is 24.7. The zero-order valence-corrected chi connectivity index (χ0v) is 20.2. The Bertz CT molecular complexity index is 1240. The highest BCUT2D eigenvalue weighted by molar-refractivity contribution is 7.89. The summed E-state index contributed by atoms with van der Waals surface area (Å²) < 4.78 is 64.2. The molecule has 1 saturated carbocycles. The fourth-order valence-corrected chi connectivity index (χ4v) is 6.97. The van der Waals surface area contributed by atoms with E-state index in [4.69, 9.17) is 14.5 Å². The van der Waals surface area contributed by atoms with Crippen molar-refractivity contribution >= 4 is 15.7 Å². The Labute approximate surface area is 203 Å². The van der Waals surface area contributed by atoms with Crippen LogP contribution in [-0.2, 0) is 10.0 Å². The highest BCUT2D eigenvalue weighted by Gasteiger charge is 2.38. The summed E-state index contributed by atoms with van der Waals surface area (Å²) in [5.74, 6) is -0.0532. The molecule has 0 bridgehead atoms. The van der Waals surface area contributed by atoms with Gasteiger partial charge in [-0.1, -0.05) is 12.1 Å². The van der Waals surface area contributed by atoms with Gasteiger partial charge >= 0.3 is 6.61 Å². The van der Waals surface area contributed by atoms with Gasteiger partial charge in [0.15, 0.2) is 11.5 Å². The van der Waals surface area contributed by atoms with Gasteiger partial charge in [-0.3, -0.25) is 4.99 Å². The molecule has 35 heavy (non-hydrogen) atoms. The highest BCUT2D eigenvalue weighted by atomic mass is 32.2. The van der Waals surface area contributed by atoms with E-state index in [0.717, 1.165) is 18.4 Å². The summed E-state index contributed by atoms with van der Waals surface area (Å²) in [5, 5.41) is 10.3. The second-order valence-corrected chi connectivity index (χ2v) is 11.2. The monoisotopic (exact) mass is 506 g/mol. The summed E-state index contributed by atoms with van der Waals surface area (Å²) in [6, 6.07) is 9.68. The molecule has 0 radical (unpaired) electrons. The number of fused-ring (bicyclic) bond motifs is 3. The van der Waals surface area contributed by atoms with Gasteiger partial charge in [0.25, 0.3) is 0 Å². The predicted octanol–water partition coefficient (Wildman–Crippen LogP) is 3.93. The Hall–Kier alpha value is -2.56. The summed E-state index contributed by atoms with van der Waals surface area (Å²) in [4.78, 5) is 5.14. The molecular weight excluding hydrogens is 478 g/mol. The molecule has 2 fully saturated rings. The minimum Gasteiger partial charge on any atom is -0.493 e. The number of hydrogen-bond donors (Lipinski definition) is 1. The largest absolute Gasteiger partial charge is 0.493 e. The molecule has 7 nitrogen and oxygen atoms in total. The van der Waals surface area contributed by atoms with Crippen LogP contribution in [0, 0.1) is 0 Å². The van der Waals surface area contributed by atoms with E-state index in [1.165, 1.54) is 17.5 Å². The van der Waals surface area contributed by atoms with Crippen molar-refractivity contribution in [2.45, 2.75) is 61.7 Å². The van der Waals surface area contributed by atoms with Gasteiger partial charge in [0.05, 0.1) is 29.9 Å². The maximum atomic E-state index is 13.2. The lowest BCUT2D eigenvalue weighted by molar-refractivity contribution is -0.0512. The number of aliphatic hydroxyl groups excluding tert-OH is 1. The number of aliphatic hydroxyl groups is 1. The van der Waals surface area contributed by atoms with Crippen LogP contribution in [0.3, 0.4) is 0 Å². The second-order valence-electron chi connectivity index (χ2n) is 9.23. The van der Waals surface area contributed by atoms with E-state index in [1.807, 2.05) is 0 Å². The van der Waals surface area contributed by atoms with E-state index in [0.29, 0.717) is 49.2 Å². The smallest absolute Gasteiger partial charge is 0.387 e. The van der Waals surface area contributed by atoms with Crippen molar-refractivity contribution in [2.75, 3.05) is 20.2 Å². The van der Waals surface area contributed by atoms with E-state index in [1.54, 1.807) is 30.3 Å². The van der Waals surface area contributed by atoms with Crippen LogP contribution in [0.5, 0.6) is 11.5 Å². The fraction of sp³-hybridized carbons (Fsp3) is 0.480. The molecule has 188 valence electrons. The molecule has 0 spiro atoms. The minimum absolute atomic E-state index is 0.108. The van der Waals surface area contributed by atoms with E-state index in [-0.39, 0.29) is 28.4 Å².